The zero-order chi connectivity index (χ0) is 93.7. The molecule has 0 bridgehead atoms. The number of phenols is 1. The first-order valence-corrected chi connectivity index (χ1v) is 47.1. The lowest BCUT2D eigenvalue weighted by atomic mass is 9.86. The average Bonchev–Trinajstić information content (AvgIpc) is 0.774. The second kappa shape index (κ2) is 50.0. The highest BCUT2D eigenvalue weighted by molar-refractivity contribution is 7.92. The Labute approximate surface area is 776 Å². The van der Waals surface area contributed by atoms with Crippen LogP contribution in [-0.2, 0) is 59.3 Å². The predicted molar refractivity (Wildman–Crippen MR) is 526 cm³/mol. The van der Waals surface area contributed by atoms with Gasteiger partial charge in [-0.3, -0.25) is 24.8 Å². The highest BCUT2D eigenvalue weighted by atomic mass is 35.5. The van der Waals surface area contributed by atoms with Crippen LogP contribution < -0.4 is 65.9 Å². The molecule has 33 heteroatoms. The van der Waals surface area contributed by atoms with Crippen LogP contribution in [0.2, 0.25) is 0 Å². The number of sulfonamides is 2. The van der Waals surface area contributed by atoms with Crippen LogP contribution in [0.5, 0.6) is 34.5 Å². The van der Waals surface area contributed by atoms with E-state index in [4.69, 9.17) is 91.9 Å². The molecule has 714 valence electrons. The number of phenolic OH excluding ortho intramolecular Hbond substituents is 1. The van der Waals surface area contributed by atoms with Crippen molar-refractivity contribution >= 4 is 150 Å². The van der Waals surface area contributed by atoms with Crippen LogP contribution in [0.25, 0.3) is 43.1 Å². The Hall–Kier alpha value is -10.7. The molecule has 14 rings (SSSR count). The monoisotopic (exact) mass is 1880 g/mol. The number of nitrogen functional groups attached to an aromatic ring is 2. The number of nitrogens with one attached hydrogen (secondary N) is 6. The van der Waals surface area contributed by atoms with Crippen LogP contribution in [0, 0.1) is 0 Å². The number of amides is 4. The van der Waals surface area contributed by atoms with Crippen molar-refractivity contribution in [1.82, 2.24) is 0 Å². The van der Waals surface area contributed by atoms with Crippen molar-refractivity contribution in [3.63, 3.8) is 0 Å². The zero-order valence-corrected chi connectivity index (χ0v) is 79.5. The summed E-state index contributed by atoms with van der Waals surface area (Å²) in [5.41, 5.74) is 16.2. The fourth-order valence-electron chi connectivity index (χ4n) is 13.7. The minimum Gasteiger partial charge on any atom is -0.507 e. The molecular weight excluding hydrogens is 1750 g/mol. The van der Waals surface area contributed by atoms with E-state index in [1.807, 2.05) is 204 Å². The molecule has 4 aliphatic heterocycles. The molecule has 130 heavy (non-hydrogen) atoms. The van der Waals surface area contributed by atoms with E-state index in [1.165, 1.54) is 14.2 Å². The van der Waals surface area contributed by atoms with Crippen molar-refractivity contribution in [2.24, 2.45) is 0 Å². The van der Waals surface area contributed by atoms with E-state index in [2.05, 4.69) is 36.8 Å². The van der Waals surface area contributed by atoms with E-state index < -0.39 is 49.5 Å². The smallest absolute Gasteiger partial charge is 0.412 e. The van der Waals surface area contributed by atoms with Crippen molar-refractivity contribution in [3.05, 3.63) is 181 Å². The maximum Gasteiger partial charge on any atom is 0.412 e. The average molecular weight is 1890 g/mol. The van der Waals surface area contributed by atoms with Crippen molar-refractivity contribution < 1.29 is 99.7 Å². The molecule has 4 saturated heterocycles. The lowest BCUT2D eigenvalue weighted by molar-refractivity contribution is 0.0139. The number of anilines is 8. The van der Waals surface area contributed by atoms with Crippen LogP contribution in [0.3, 0.4) is 0 Å². The first kappa shape index (κ1) is 108. The number of carbonyl (C=O) groups excluding carboxylic acids is 3. The highest BCUT2D eigenvalue weighted by Gasteiger charge is 2.28. The molecular formula is C97H133Cl2FN8O20S2. The third kappa shape index (κ3) is 34.8. The van der Waals surface area contributed by atoms with Gasteiger partial charge < -0.3 is 84.4 Å². The standard InChI is InChI=1S/C28H35N3O6S.C20H25NO4.C15H17NO3.C15H17NO2.C12H20N2O3S.C5H10O2.CH2Cl2.CH4.FH.H2/c1-28(2,3)18-16-23(26(35-4)24(17-18)31-38(5,33)34)30-27(32)29-22-10-11-25(21-9-7-6-8-20(21)22)37-19-12-14-36-15-13-19;1-20(2,3)25-19(22)21-17-8-9-18(16-7-5-4-6-15(16)17)24-14-10-12-23-13-11-14;1-15(2,3)19-14(18)16-12-8-9-13(17)11-7-5-4-6-10(11)12;16-14-5-6-15(13-4-2-1-3-12(13)14)18-11-7-9-17-10-8-11;1-12(2,3)8-6-9(13)11(17-4)10(7-8)14-18(5,15)16;6-5-1-3-7-4-2-5;2-1-3;;;/h6-11,16-17,19,31H,12-15H2,1-5H3,(H2,29,30,32);4-9,14H,10-13H2,1-3H3,(H,21,22);4-9,17H,1-3H3,(H,16,18);1-6,11H,7-10,16H2;6-7,14H,13H2,1-5H3;5-6H,1-4H2;1H2;1H4;2*1H/i;;;;;;;;;1+2. The number of fused-ring (bicyclic) bond motifs is 4. The number of hydrogen-bond acceptors (Lipinski definition) is 22. The van der Waals surface area contributed by atoms with Crippen molar-refractivity contribution in [2.75, 3.05) is 127 Å². The third-order valence-electron chi connectivity index (χ3n) is 19.9. The van der Waals surface area contributed by atoms with Gasteiger partial charge in [0, 0.05) is 102 Å². The molecule has 0 atom stereocenters. The van der Waals surface area contributed by atoms with Crippen LogP contribution in [0.1, 0.15) is 154 Å². The maximum absolute atomic E-state index is 13.2. The van der Waals surface area contributed by atoms with Crippen molar-refractivity contribution in [1.29, 1.82) is 0 Å². The Morgan fingerprint density at radius 2 is 0.715 bits per heavy atom. The summed E-state index contributed by atoms with van der Waals surface area (Å²) in [6, 6.07) is 52.1. The van der Waals surface area contributed by atoms with E-state index in [-0.39, 0.29) is 71.3 Å². The zero-order valence-electron chi connectivity index (χ0n) is 76.4. The van der Waals surface area contributed by atoms with Crippen LogP contribution in [0.4, 0.5) is 64.6 Å². The van der Waals surface area contributed by atoms with Crippen molar-refractivity contribution in [2.45, 2.75) is 188 Å². The van der Waals surface area contributed by atoms with E-state index in [0.29, 0.717) is 58.5 Å². The second-order valence-corrected chi connectivity index (χ2v) is 39.1. The Bertz CT molecular complexity index is 5580. The van der Waals surface area contributed by atoms with Gasteiger partial charge in [-0.25, -0.2) is 31.2 Å². The fourth-order valence-corrected chi connectivity index (χ4v) is 14.8. The molecule has 4 amide bonds. The van der Waals surface area contributed by atoms with E-state index in [1.54, 1.807) is 42.5 Å². The largest absolute Gasteiger partial charge is 0.507 e. The van der Waals surface area contributed by atoms with Crippen LogP contribution in [0.15, 0.2) is 170 Å². The third-order valence-corrected chi connectivity index (χ3v) is 21.1. The summed E-state index contributed by atoms with van der Waals surface area (Å²) in [7, 11) is -4.08. The molecule has 12 N–H and O–H groups in total. The molecule has 0 spiro atoms. The molecule has 4 heterocycles. The van der Waals surface area contributed by atoms with Gasteiger partial charge >= 0.3 is 18.2 Å². The number of aliphatic hydroxyl groups is 1. The Morgan fingerprint density at radius 3 is 1.07 bits per heavy atom. The van der Waals surface area contributed by atoms with Gasteiger partial charge in [-0.15, -0.1) is 23.2 Å². The number of methoxy groups -OCH3 is 2. The molecule has 10 aromatic carbocycles. The van der Waals surface area contributed by atoms with Gasteiger partial charge in [-0.1, -0.05) is 146 Å². The molecule has 0 aromatic heterocycles. The molecule has 4 fully saturated rings. The fraction of sp³-hybridized carbons (Fsp3) is 0.433. The highest BCUT2D eigenvalue weighted by Crippen LogP contribution is 2.43. The van der Waals surface area contributed by atoms with Crippen LogP contribution in [-0.4, -0.2) is 166 Å². The summed E-state index contributed by atoms with van der Waals surface area (Å²) in [5, 5.41) is 37.3. The topological polar surface area (TPSA) is 386 Å². The normalized spacial score (nSPS) is 14.5. The minimum atomic E-state index is -3.58. The molecule has 4 aliphatic rings. The number of benzene rings is 10. The molecule has 0 saturated carbocycles. The first-order valence-electron chi connectivity index (χ1n) is 42.3. The van der Waals surface area contributed by atoms with Gasteiger partial charge in [0.15, 0.2) is 11.5 Å². The Kier molecular flexibility index (Phi) is 41.6. The van der Waals surface area contributed by atoms with E-state index in [0.717, 1.165) is 175 Å². The SMILES string of the molecule is C.CC(C)(C)OC(=O)Nc1ccc(O)c2ccccc12.CC(C)(C)OC(=O)Nc1ccc(OC2CCOCC2)c2ccccc12.COc1c(N)cc(C(C)(C)C)cc1NS(C)(=O)=O.COc1c(NC(=O)Nc2ccc(OC3CCOCC3)c3ccccc23)cc(C(C)(C)C)cc1NS(C)(=O)=O.ClCCl.F.Nc1ccc(OC2CCOCC2)c2ccccc12.OC1CCOCC1.[3HH]. The maximum atomic E-state index is 13.2. The summed E-state index contributed by atoms with van der Waals surface area (Å²) in [6.07, 6.45) is 8.62. The Balaban J connectivity index is 0.000000289. The summed E-state index contributed by atoms with van der Waals surface area (Å²) in [4.78, 5) is 37.0. The number of nitrogens with two attached hydrogens (primary N) is 2. The number of aliphatic hydroxyl groups excluding tert-OH is 1. The molecule has 0 unspecified atom stereocenters. The van der Waals surface area contributed by atoms with E-state index >= 15 is 0 Å². The van der Waals surface area contributed by atoms with Gasteiger partial charge in [0.05, 0.1) is 118 Å². The summed E-state index contributed by atoms with van der Waals surface area (Å²) in [5.74, 6) is 3.25. The minimum absolute atomic E-state index is 0. The molecule has 0 aliphatic carbocycles. The first-order chi connectivity index (χ1) is 60.4. The second-order valence-electron chi connectivity index (χ2n) is 34.8. The number of alkyl halides is 2. The van der Waals surface area contributed by atoms with E-state index in [9.17, 15) is 36.3 Å². The Morgan fingerprint density at radius 1 is 0.415 bits per heavy atom. The lowest BCUT2D eigenvalue weighted by Crippen LogP contribution is -2.27. The van der Waals surface area contributed by atoms with Crippen molar-refractivity contribution in [3.8, 4) is 34.5 Å². The van der Waals surface area contributed by atoms with Gasteiger partial charge in [-0.05, 0) is 149 Å². The summed E-state index contributed by atoms with van der Waals surface area (Å²) >= 11 is 9.53. The number of rotatable bonds is 16. The molecule has 0 radical (unpaired) electrons. The summed E-state index contributed by atoms with van der Waals surface area (Å²) < 4.78 is 112. The van der Waals surface area contributed by atoms with Gasteiger partial charge in [0.1, 0.15) is 52.5 Å². The number of halogens is 3. The quantitative estimate of drug-likeness (QED) is 0.0244. The predicted octanol–water partition coefficient (Wildman–Crippen LogP) is 21.9. The molecule has 10 aromatic rings. The van der Waals surface area contributed by atoms with Gasteiger partial charge in [-0.2, -0.15) is 0 Å². The number of aromatic hydroxyl groups is 1. The molecule has 28 nitrogen and oxygen atoms in total. The summed E-state index contributed by atoms with van der Waals surface area (Å²) in [6.45, 7) is 28.9. The lowest BCUT2D eigenvalue weighted by Gasteiger charge is -2.25. The number of urea groups is 1. The number of hydrogen-bond donors (Lipinski definition) is 10. The number of ether oxygens (including phenoxy) is 11. The number of carbonyl (C=O) groups is 3. The van der Waals surface area contributed by atoms with Gasteiger partial charge in [0.2, 0.25) is 20.0 Å². The van der Waals surface area contributed by atoms with Crippen LogP contribution >= 0.6 is 23.2 Å². The van der Waals surface area contributed by atoms with Gasteiger partial charge in [0.25, 0.3) is 0 Å².